The van der Waals surface area contributed by atoms with Crippen molar-refractivity contribution in [1.29, 1.82) is 0 Å². The lowest BCUT2D eigenvalue weighted by atomic mass is 9.71. The molecule has 2 heteroatoms. The van der Waals surface area contributed by atoms with Crippen LogP contribution in [0.2, 0.25) is 0 Å². The molecular weight excluding hydrogens is 380 g/mol. The van der Waals surface area contributed by atoms with Gasteiger partial charge in [-0.2, -0.15) is 0 Å². The third-order valence-corrected chi connectivity index (χ3v) is 6.82. The number of hydrogen-bond acceptors (Lipinski definition) is 2. The Morgan fingerprint density at radius 2 is 1.29 bits per heavy atom. The molecule has 0 unspecified atom stereocenters. The van der Waals surface area contributed by atoms with E-state index in [2.05, 4.69) is 107 Å². The molecule has 31 heavy (non-hydrogen) atoms. The highest BCUT2D eigenvalue weighted by Crippen LogP contribution is 2.42. The van der Waals surface area contributed by atoms with E-state index in [0.29, 0.717) is 5.92 Å². The van der Waals surface area contributed by atoms with Crippen LogP contribution in [0.1, 0.15) is 102 Å². The van der Waals surface area contributed by atoms with Crippen LogP contribution in [0.4, 0.5) is 0 Å². The maximum Gasteiger partial charge on any atom is 0.126 e. The van der Waals surface area contributed by atoms with Gasteiger partial charge in [0.05, 0.1) is 6.10 Å². The third-order valence-electron chi connectivity index (χ3n) is 6.82. The Balaban J connectivity index is 2.48. The van der Waals surface area contributed by atoms with Crippen molar-refractivity contribution in [2.45, 2.75) is 113 Å². The summed E-state index contributed by atoms with van der Waals surface area (Å²) in [6.45, 7) is 26.3. The molecule has 2 rings (SSSR count). The van der Waals surface area contributed by atoms with Gasteiger partial charge >= 0.3 is 0 Å². The first-order valence-electron chi connectivity index (χ1n) is 11.8. The van der Waals surface area contributed by atoms with Gasteiger partial charge in [-0.25, -0.2) is 0 Å². The van der Waals surface area contributed by atoms with E-state index in [9.17, 15) is 0 Å². The molecule has 0 aliphatic rings. The molecule has 172 valence electrons. The van der Waals surface area contributed by atoms with Crippen molar-refractivity contribution in [1.82, 2.24) is 0 Å². The minimum atomic E-state index is -0.402. The highest BCUT2D eigenvalue weighted by molar-refractivity contribution is 5.48. The first kappa shape index (κ1) is 25.3. The molecule has 0 bridgehead atoms. The summed E-state index contributed by atoms with van der Waals surface area (Å²) in [6.07, 6.45) is 1.13. The van der Waals surface area contributed by atoms with Gasteiger partial charge in [0.25, 0.3) is 0 Å². The van der Waals surface area contributed by atoms with Gasteiger partial charge in [0.1, 0.15) is 17.1 Å². The molecular formula is C29H44O2. The second-order valence-electron chi connectivity index (χ2n) is 10.7. The van der Waals surface area contributed by atoms with Gasteiger partial charge < -0.3 is 9.47 Å². The summed E-state index contributed by atoms with van der Waals surface area (Å²) in [5.74, 6) is 2.56. The number of benzene rings is 2. The number of ether oxygens (including phenoxy) is 2. The molecule has 0 saturated carbocycles. The largest absolute Gasteiger partial charge is 0.490 e. The Labute approximate surface area is 191 Å². The van der Waals surface area contributed by atoms with E-state index in [1.807, 2.05) is 0 Å². The molecule has 0 N–H and O–H groups in total. The average Bonchev–Trinajstić information content (AvgIpc) is 2.65. The summed E-state index contributed by atoms with van der Waals surface area (Å²) in [7, 11) is 0. The first-order valence-corrected chi connectivity index (χ1v) is 11.8. The van der Waals surface area contributed by atoms with E-state index in [4.69, 9.17) is 9.47 Å². The SMILES string of the molecule is CCc1cc(C(C)C)cc(C)c1OC(C)(C)C(C)(C)c1cc(C)c(OC(C)C)c(C)c1. The fourth-order valence-corrected chi connectivity index (χ4v) is 4.08. The van der Waals surface area contributed by atoms with Crippen molar-refractivity contribution in [3.05, 3.63) is 57.6 Å². The van der Waals surface area contributed by atoms with Gasteiger partial charge in [-0.1, -0.05) is 58.9 Å². The van der Waals surface area contributed by atoms with Crippen molar-refractivity contribution in [3.63, 3.8) is 0 Å². The van der Waals surface area contributed by atoms with Crippen molar-refractivity contribution >= 4 is 0 Å². The Kier molecular flexibility index (Phi) is 7.56. The van der Waals surface area contributed by atoms with Crippen LogP contribution in [-0.2, 0) is 11.8 Å². The van der Waals surface area contributed by atoms with E-state index in [1.54, 1.807) is 0 Å². The van der Waals surface area contributed by atoms with Crippen LogP contribution in [0.3, 0.4) is 0 Å². The van der Waals surface area contributed by atoms with E-state index in [1.165, 1.54) is 33.4 Å². The molecule has 0 saturated heterocycles. The molecule has 0 fully saturated rings. The highest BCUT2D eigenvalue weighted by Gasteiger charge is 2.41. The normalized spacial score (nSPS) is 12.6. The average molecular weight is 425 g/mol. The van der Waals surface area contributed by atoms with Gasteiger partial charge in [-0.05, 0) is 94.2 Å². The zero-order valence-electron chi connectivity index (χ0n) is 22.0. The fraction of sp³-hybridized carbons (Fsp3) is 0.586. The fourth-order valence-electron chi connectivity index (χ4n) is 4.08. The molecule has 0 atom stereocenters. The lowest BCUT2D eigenvalue weighted by molar-refractivity contribution is 0.0341. The van der Waals surface area contributed by atoms with Crippen LogP contribution >= 0.6 is 0 Å². The molecule has 0 spiro atoms. The molecule has 2 aromatic rings. The summed E-state index contributed by atoms with van der Waals surface area (Å²) in [6, 6.07) is 9.15. The summed E-state index contributed by atoms with van der Waals surface area (Å²) >= 11 is 0. The minimum Gasteiger partial charge on any atom is -0.490 e. The van der Waals surface area contributed by atoms with Crippen LogP contribution in [0.15, 0.2) is 24.3 Å². The van der Waals surface area contributed by atoms with Crippen molar-refractivity contribution in [2.24, 2.45) is 0 Å². The molecule has 0 radical (unpaired) electrons. The van der Waals surface area contributed by atoms with Crippen molar-refractivity contribution < 1.29 is 9.47 Å². The lowest BCUT2D eigenvalue weighted by Crippen LogP contribution is -2.48. The Morgan fingerprint density at radius 3 is 1.74 bits per heavy atom. The van der Waals surface area contributed by atoms with Crippen molar-refractivity contribution in [2.75, 3.05) is 0 Å². The quantitative estimate of drug-likeness (QED) is 0.425. The first-order chi connectivity index (χ1) is 14.2. The van der Waals surface area contributed by atoms with Gasteiger partial charge in [0.2, 0.25) is 0 Å². The standard InChI is InChI=1S/C29H44O2/c1-13-23-17-24(18(2)3)14-20(6)27(23)31-29(11,12)28(9,10)25-15-21(7)26(22(8)16-25)30-19(4)5/h14-19H,13H2,1-12H3. The minimum absolute atomic E-state index is 0.167. The number of aryl methyl sites for hydroxylation is 4. The smallest absolute Gasteiger partial charge is 0.126 e. The molecule has 0 aliphatic heterocycles. The summed E-state index contributed by atoms with van der Waals surface area (Å²) in [4.78, 5) is 0. The molecule has 2 aromatic carbocycles. The van der Waals surface area contributed by atoms with Crippen molar-refractivity contribution in [3.8, 4) is 11.5 Å². The van der Waals surface area contributed by atoms with Gasteiger partial charge in [-0.3, -0.25) is 0 Å². The predicted octanol–water partition coefficient (Wildman–Crippen LogP) is 8.22. The second-order valence-corrected chi connectivity index (χ2v) is 10.7. The predicted molar refractivity (Wildman–Crippen MR) is 134 cm³/mol. The van der Waals surface area contributed by atoms with E-state index < -0.39 is 5.60 Å². The molecule has 0 heterocycles. The van der Waals surface area contributed by atoms with E-state index >= 15 is 0 Å². The van der Waals surface area contributed by atoms with Crippen LogP contribution < -0.4 is 9.47 Å². The zero-order valence-corrected chi connectivity index (χ0v) is 22.0. The van der Waals surface area contributed by atoms with Crippen LogP contribution in [0, 0.1) is 20.8 Å². The number of hydrogen-bond donors (Lipinski definition) is 0. The summed E-state index contributed by atoms with van der Waals surface area (Å²) in [5.41, 5.74) is 6.93. The second kappa shape index (κ2) is 9.27. The van der Waals surface area contributed by atoms with Crippen LogP contribution in [0.25, 0.3) is 0 Å². The summed E-state index contributed by atoms with van der Waals surface area (Å²) in [5, 5.41) is 0. The summed E-state index contributed by atoms with van der Waals surface area (Å²) < 4.78 is 12.9. The van der Waals surface area contributed by atoms with Crippen LogP contribution in [0.5, 0.6) is 11.5 Å². The molecule has 0 aromatic heterocycles. The highest BCUT2D eigenvalue weighted by atomic mass is 16.5. The molecule has 2 nitrogen and oxygen atoms in total. The lowest BCUT2D eigenvalue weighted by Gasteiger charge is -2.43. The Morgan fingerprint density at radius 1 is 0.774 bits per heavy atom. The number of rotatable bonds is 8. The monoisotopic (exact) mass is 424 g/mol. The maximum atomic E-state index is 6.85. The molecule has 0 amide bonds. The topological polar surface area (TPSA) is 18.5 Å². The van der Waals surface area contributed by atoms with Gasteiger partial charge in [0.15, 0.2) is 0 Å². The van der Waals surface area contributed by atoms with E-state index in [0.717, 1.165) is 17.9 Å². The van der Waals surface area contributed by atoms with Gasteiger partial charge in [0, 0.05) is 5.41 Å². The molecule has 0 aliphatic carbocycles. The van der Waals surface area contributed by atoms with Gasteiger partial charge in [-0.15, -0.1) is 0 Å². The van der Waals surface area contributed by atoms with E-state index in [-0.39, 0.29) is 11.5 Å². The Hall–Kier alpha value is -1.96. The zero-order chi connectivity index (χ0) is 23.7. The third kappa shape index (κ3) is 5.27. The maximum absolute atomic E-state index is 6.85. The Bertz CT molecular complexity index is 894. The van der Waals surface area contributed by atoms with Crippen LogP contribution in [-0.4, -0.2) is 11.7 Å².